The maximum absolute atomic E-state index is 13.5. The van der Waals surface area contributed by atoms with Crippen molar-refractivity contribution in [2.24, 2.45) is 0 Å². The van der Waals surface area contributed by atoms with E-state index < -0.39 is 0 Å². The summed E-state index contributed by atoms with van der Waals surface area (Å²) in [6.45, 7) is 2.47. The van der Waals surface area contributed by atoms with Crippen LogP contribution in [-0.2, 0) is 6.54 Å². The Morgan fingerprint density at radius 2 is 2.11 bits per heavy atom. The molecule has 0 atom stereocenters. The predicted molar refractivity (Wildman–Crippen MR) is 77.3 cm³/mol. The predicted octanol–water partition coefficient (Wildman–Crippen LogP) is 4.38. The van der Waals surface area contributed by atoms with Crippen molar-refractivity contribution in [3.05, 3.63) is 63.4 Å². The second kappa shape index (κ2) is 5.85. The maximum Gasteiger partial charge on any atom is 0.139 e. The van der Waals surface area contributed by atoms with Gasteiger partial charge in [0.25, 0.3) is 0 Å². The van der Waals surface area contributed by atoms with Crippen molar-refractivity contribution in [3.63, 3.8) is 0 Å². The highest BCUT2D eigenvalue weighted by molar-refractivity contribution is 9.10. The van der Waals surface area contributed by atoms with E-state index in [1.165, 1.54) is 6.07 Å². The number of aryl methyl sites for hydroxylation is 1. The molecule has 0 saturated carbocycles. The van der Waals surface area contributed by atoms with Crippen LogP contribution in [-0.4, -0.2) is 0 Å². The minimum atomic E-state index is -0.293. The zero-order valence-electron chi connectivity index (χ0n) is 10.4. The number of benzene rings is 2. The lowest BCUT2D eigenvalue weighted by molar-refractivity contribution is 0.621. The van der Waals surface area contributed by atoms with Crippen LogP contribution >= 0.6 is 15.9 Å². The van der Waals surface area contributed by atoms with Crippen LogP contribution in [0.3, 0.4) is 0 Å². The van der Waals surface area contributed by atoms with E-state index >= 15 is 0 Å². The van der Waals surface area contributed by atoms with E-state index in [-0.39, 0.29) is 5.82 Å². The van der Waals surface area contributed by atoms with Crippen LogP contribution in [0.2, 0.25) is 0 Å². The lowest BCUT2D eigenvalue weighted by Crippen LogP contribution is -2.02. The lowest BCUT2D eigenvalue weighted by Gasteiger charge is -2.11. The number of anilines is 1. The molecule has 0 aromatic heterocycles. The van der Waals surface area contributed by atoms with Gasteiger partial charge in [-0.15, -0.1) is 0 Å². The third-order valence-electron chi connectivity index (χ3n) is 2.81. The highest BCUT2D eigenvalue weighted by atomic mass is 79.9. The van der Waals surface area contributed by atoms with Crippen molar-refractivity contribution < 1.29 is 4.39 Å². The normalized spacial score (nSPS) is 10.0. The SMILES string of the molecule is Cc1cc(Br)c(F)cc1NCc1cccc(C#N)c1. The highest BCUT2D eigenvalue weighted by Crippen LogP contribution is 2.24. The van der Waals surface area contributed by atoms with Gasteiger partial charge in [0.15, 0.2) is 0 Å². The van der Waals surface area contributed by atoms with Gasteiger partial charge in [0.1, 0.15) is 5.82 Å². The lowest BCUT2D eigenvalue weighted by atomic mass is 10.1. The average Bonchev–Trinajstić information content (AvgIpc) is 2.41. The first-order valence-corrected chi connectivity index (χ1v) is 6.58. The number of rotatable bonds is 3. The molecule has 4 heteroatoms. The van der Waals surface area contributed by atoms with Crippen LogP contribution in [0.5, 0.6) is 0 Å². The van der Waals surface area contributed by atoms with Crippen LogP contribution in [0.15, 0.2) is 40.9 Å². The van der Waals surface area contributed by atoms with Gasteiger partial charge in [-0.25, -0.2) is 4.39 Å². The molecule has 0 bridgehead atoms. The number of halogens is 2. The van der Waals surface area contributed by atoms with Gasteiger partial charge < -0.3 is 5.32 Å². The monoisotopic (exact) mass is 318 g/mol. The maximum atomic E-state index is 13.5. The molecule has 0 aliphatic carbocycles. The Bertz CT molecular complexity index is 647. The summed E-state index contributed by atoms with van der Waals surface area (Å²) in [6, 6.07) is 12.6. The van der Waals surface area contributed by atoms with Crippen LogP contribution < -0.4 is 5.32 Å². The number of nitrogens with one attached hydrogen (secondary N) is 1. The summed E-state index contributed by atoms with van der Waals surface area (Å²) in [5.74, 6) is -0.293. The van der Waals surface area contributed by atoms with E-state index in [0.29, 0.717) is 16.6 Å². The first kappa shape index (κ1) is 13.6. The third kappa shape index (κ3) is 3.33. The zero-order chi connectivity index (χ0) is 13.8. The molecule has 0 unspecified atom stereocenters. The topological polar surface area (TPSA) is 35.8 Å². The Morgan fingerprint density at radius 3 is 2.84 bits per heavy atom. The molecule has 1 N–H and O–H groups in total. The van der Waals surface area contributed by atoms with Crippen molar-refractivity contribution in [2.45, 2.75) is 13.5 Å². The Hall–Kier alpha value is -1.86. The van der Waals surface area contributed by atoms with Gasteiger partial charge in [-0.2, -0.15) is 5.26 Å². The van der Waals surface area contributed by atoms with Gasteiger partial charge in [0.2, 0.25) is 0 Å². The van der Waals surface area contributed by atoms with Gasteiger partial charge in [0.05, 0.1) is 16.1 Å². The van der Waals surface area contributed by atoms with E-state index in [2.05, 4.69) is 27.3 Å². The quantitative estimate of drug-likeness (QED) is 0.911. The summed E-state index contributed by atoms with van der Waals surface area (Å²) in [4.78, 5) is 0. The number of hydrogen-bond donors (Lipinski definition) is 1. The molecule has 2 rings (SSSR count). The van der Waals surface area contributed by atoms with Gasteiger partial charge in [-0.3, -0.25) is 0 Å². The van der Waals surface area contributed by atoms with Crippen LogP contribution in [0.1, 0.15) is 16.7 Å². The molecular weight excluding hydrogens is 307 g/mol. The van der Waals surface area contributed by atoms with Crippen LogP contribution in [0, 0.1) is 24.1 Å². The second-order valence-corrected chi connectivity index (χ2v) is 5.10. The molecule has 0 aliphatic heterocycles. The van der Waals surface area contributed by atoms with Gasteiger partial charge in [-0.1, -0.05) is 12.1 Å². The van der Waals surface area contributed by atoms with E-state index in [1.807, 2.05) is 25.1 Å². The third-order valence-corrected chi connectivity index (χ3v) is 3.41. The molecule has 0 aliphatic rings. The molecule has 96 valence electrons. The van der Waals surface area contributed by atoms with Crippen molar-refractivity contribution >= 4 is 21.6 Å². The van der Waals surface area contributed by atoms with Crippen LogP contribution in [0.4, 0.5) is 10.1 Å². The number of nitriles is 1. The first-order valence-electron chi connectivity index (χ1n) is 5.78. The molecule has 0 saturated heterocycles. The second-order valence-electron chi connectivity index (χ2n) is 4.25. The Balaban J connectivity index is 2.14. The minimum absolute atomic E-state index is 0.293. The molecule has 2 nitrogen and oxygen atoms in total. The summed E-state index contributed by atoms with van der Waals surface area (Å²) in [7, 11) is 0. The molecule has 0 heterocycles. The van der Waals surface area contributed by atoms with Crippen molar-refractivity contribution in [1.82, 2.24) is 0 Å². The van der Waals surface area contributed by atoms with E-state index in [0.717, 1.165) is 16.8 Å². The summed E-state index contributed by atoms with van der Waals surface area (Å²) < 4.78 is 13.9. The molecule has 0 radical (unpaired) electrons. The molecule has 0 fully saturated rings. The molecule has 2 aromatic rings. The van der Waals surface area contributed by atoms with E-state index in [1.54, 1.807) is 12.1 Å². The molecule has 0 amide bonds. The highest BCUT2D eigenvalue weighted by Gasteiger charge is 2.05. The minimum Gasteiger partial charge on any atom is -0.381 e. The Morgan fingerprint density at radius 1 is 1.32 bits per heavy atom. The van der Waals surface area contributed by atoms with Gasteiger partial charge in [0, 0.05) is 12.2 Å². The Labute approximate surface area is 120 Å². The van der Waals surface area contributed by atoms with Crippen molar-refractivity contribution in [2.75, 3.05) is 5.32 Å². The molecule has 2 aromatic carbocycles. The number of hydrogen-bond acceptors (Lipinski definition) is 2. The van der Waals surface area contributed by atoms with Gasteiger partial charge >= 0.3 is 0 Å². The summed E-state index contributed by atoms with van der Waals surface area (Å²) >= 11 is 3.16. The summed E-state index contributed by atoms with van der Waals surface area (Å²) in [5.41, 5.74) is 3.33. The Kier molecular flexibility index (Phi) is 4.18. The first-order chi connectivity index (χ1) is 9.10. The fraction of sp³-hybridized carbons (Fsp3) is 0.133. The molecule has 0 spiro atoms. The molecule has 19 heavy (non-hydrogen) atoms. The number of nitrogens with zero attached hydrogens (tertiary/aromatic N) is 1. The fourth-order valence-electron chi connectivity index (χ4n) is 1.78. The largest absolute Gasteiger partial charge is 0.381 e. The average molecular weight is 319 g/mol. The van der Waals surface area contributed by atoms with Gasteiger partial charge in [-0.05, 0) is 58.2 Å². The fourth-order valence-corrected chi connectivity index (χ4v) is 2.24. The molecular formula is C15H12BrFN2. The van der Waals surface area contributed by atoms with Crippen molar-refractivity contribution in [1.29, 1.82) is 5.26 Å². The summed E-state index contributed by atoms with van der Waals surface area (Å²) in [6.07, 6.45) is 0. The van der Waals surface area contributed by atoms with E-state index in [9.17, 15) is 4.39 Å². The zero-order valence-corrected chi connectivity index (χ0v) is 12.0. The van der Waals surface area contributed by atoms with Crippen molar-refractivity contribution in [3.8, 4) is 6.07 Å². The van der Waals surface area contributed by atoms with E-state index in [4.69, 9.17) is 5.26 Å². The standard InChI is InChI=1S/C15H12BrFN2/c1-10-5-13(16)14(17)7-15(10)19-9-12-4-2-3-11(6-12)8-18/h2-7,19H,9H2,1H3. The van der Waals surface area contributed by atoms with Crippen LogP contribution in [0.25, 0.3) is 0 Å². The smallest absolute Gasteiger partial charge is 0.139 e. The summed E-state index contributed by atoms with van der Waals surface area (Å²) in [5, 5.41) is 12.0.